The maximum atomic E-state index is 5.56. The second kappa shape index (κ2) is 5.75. The van der Waals surface area contributed by atoms with E-state index in [2.05, 4.69) is 22.5 Å². The molecule has 102 valence electrons. The molecule has 0 fully saturated rings. The quantitative estimate of drug-likeness (QED) is 0.773. The van der Waals surface area contributed by atoms with Gasteiger partial charge in [-0.2, -0.15) is 5.10 Å². The summed E-state index contributed by atoms with van der Waals surface area (Å²) < 4.78 is 7.36. The Kier molecular flexibility index (Phi) is 3.65. The molecule has 20 heavy (non-hydrogen) atoms. The third kappa shape index (κ3) is 2.81. The Morgan fingerprint density at radius 1 is 1.15 bits per heavy atom. The van der Waals surface area contributed by atoms with Gasteiger partial charge in [-0.3, -0.25) is 10.00 Å². The molecule has 0 bridgehead atoms. The molecule has 0 aliphatic carbocycles. The van der Waals surface area contributed by atoms with Gasteiger partial charge in [-0.05, 0) is 23.8 Å². The van der Waals surface area contributed by atoms with Gasteiger partial charge in [0.15, 0.2) is 0 Å². The van der Waals surface area contributed by atoms with Gasteiger partial charge in [-0.1, -0.05) is 30.3 Å². The van der Waals surface area contributed by atoms with E-state index in [0.29, 0.717) is 6.54 Å². The van der Waals surface area contributed by atoms with Gasteiger partial charge < -0.3 is 4.42 Å². The van der Waals surface area contributed by atoms with Crippen LogP contribution in [0.25, 0.3) is 0 Å². The number of aromatic nitrogens is 2. The van der Waals surface area contributed by atoms with Crippen molar-refractivity contribution < 1.29 is 4.42 Å². The SMILES string of the molecule is Cn1ccc(CNC(c2ccccc2)c2ccco2)n1. The van der Waals surface area contributed by atoms with Crippen molar-refractivity contribution in [3.05, 3.63) is 78.0 Å². The fraction of sp³-hybridized carbons (Fsp3) is 0.188. The average Bonchev–Trinajstić information content (AvgIpc) is 3.12. The smallest absolute Gasteiger partial charge is 0.125 e. The lowest BCUT2D eigenvalue weighted by molar-refractivity contribution is 0.443. The molecule has 4 heteroatoms. The van der Waals surface area contributed by atoms with E-state index in [1.807, 2.05) is 49.6 Å². The Balaban J connectivity index is 1.80. The lowest BCUT2D eigenvalue weighted by atomic mass is 10.0. The topological polar surface area (TPSA) is 43.0 Å². The molecule has 0 aliphatic heterocycles. The molecule has 2 heterocycles. The van der Waals surface area contributed by atoms with Crippen LogP contribution in [-0.4, -0.2) is 9.78 Å². The number of aryl methyl sites for hydroxylation is 1. The first kappa shape index (κ1) is 12.7. The van der Waals surface area contributed by atoms with Crippen LogP contribution in [0.3, 0.4) is 0 Å². The second-order valence-corrected chi connectivity index (χ2v) is 4.72. The van der Waals surface area contributed by atoms with Crippen molar-refractivity contribution in [3.8, 4) is 0 Å². The normalized spacial score (nSPS) is 12.4. The van der Waals surface area contributed by atoms with Crippen LogP contribution in [0.2, 0.25) is 0 Å². The predicted octanol–water partition coefficient (Wildman–Crippen LogP) is 2.89. The van der Waals surface area contributed by atoms with Crippen LogP contribution < -0.4 is 5.32 Å². The molecule has 3 rings (SSSR count). The molecule has 2 aromatic heterocycles. The Hall–Kier alpha value is -2.33. The molecule has 0 spiro atoms. The average molecular weight is 267 g/mol. The molecule has 3 aromatic rings. The van der Waals surface area contributed by atoms with E-state index in [1.165, 1.54) is 5.56 Å². The first-order valence-electron chi connectivity index (χ1n) is 6.63. The molecule has 1 unspecified atom stereocenters. The fourth-order valence-corrected chi connectivity index (χ4v) is 2.25. The first-order chi connectivity index (χ1) is 9.83. The summed E-state index contributed by atoms with van der Waals surface area (Å²) in [6.07, 6.45) is 3.65. The number of rotatable bonds is 5. The molecule has 0 aliphatic rings. The zero-order valence-corrected chi connectivity index (χ0v) is 11.4. The van der Waals surface area contributed by atoms with Crippen molar-refractivity contribution in [2.45, 2.75) is 12.6 Å². The van der Waals surface area contributed by atoms with Crippen molar-refractivity contribution in [2.24, 2.45) is 7.05 Å². The molecular weight excluding hydrogens is 250 g/mol. The van der Waals surface area contributed by atoms with Crippen molar-refractivity contribution in [3.63, 3.8) is 0 Å². The van der Waals surface area contributed by atoms with Crippen LogP contribution in [0.4, 0.5) is 0 Å². The Morgan fingerprint density at radius 3 is 2.65 bits per heavy atom. The summed E-state index contributed by atoms with van der Waals surface area (Å²) in [6.45, 7) is 0.696. The van der Waals surface area contributed by atoms with E-state index in [1.54, 1.807) is 10.9 Å². The van der Waals surface area contributed by atoms with Crippen LogP contribution >= 0.6 is 0 Å². The molecule has 0 radical (unpaired) electrons. The number of benzene rings is 1. The van der Waals surface area contributed by atoms with E-state index < -0.39 is 0 Å². The number of furan rings is 1. The van der Waals surface area contributed by atoms with E-state index >= 15 is 0 Å². The van der Waals surface area contributed by atoms with E-state index in [9.17, 15) is 0 Å². The highest BCUT2D eigenvalue weighted by molar-refractivity contribution is 5.26. The van der Waals surface area contributed by atoms with E-state index in [0.717, 1.165) is 11.5 Å². The highest BCUT2D eigenvalue weighted by Crippen LogP contribution is 2.22. The maximum absolute atomic E-state index is 5.56. The minimum Gasteiger partial charge on any atom is -0.467 e. The van der Waals surface area contributed by atoms with Crippen LogP contribution in [0.1, 0.15) is 23.1 Å². The molecule has 1 aromatic carbocycles. The van der Waals surface area contributed by atoms with Crippen molar-refractivity contribution in [1.29, 1.82) is 0 Å². The molecule has 1 atom stereocenters. The maximum Gasteiger partial charge on any atom is 0.125 e. The van der Waals surface area contributed by atoms with Gasteiger partial charge in [-0.25, -0.2) is 0 Å². The third-order valence-electron chi connectivity index (χ3n) is 3.22. The molecule has 0 saturated heterocycles. The van der Waals surface area contributed by atoms with Gasteiger partial charge in [0.05, 0.1) is 18.0 Å². The summed E-state index contributed by atoms with van der Waals surface area (Å²) in [7, 11) is 1.92. The van der Waals surface area contributed by atoms with Crippen molar-refractivity contribution in [2.75, 3.05) is 0 Å². The molecular formula is C16H17N3O. The predicted molar refractivity (Wildman–Crippen MR) is 77.0 cm³/mol. The van der Waals surface area contributed by atoms with Crippen LogP contribution in [0.5, 0.6) is 0 Å². The summed E-state index contributed by atoms with van der Waals surface area (Å²) in [5, 5.41) is 7.88. The van der Waals surface area contributed by atoms with Crippen LogP contribution in [-0.2, 0) is 13.6 Å². The van der Waals surface area contributed by atoms with Gasteiger partial charge in [0, 0.05) is 19.8 Å². The molecule has 1 N–H and O–H groups in total. The Morgan fingerprint density at radius 2 is 2.00 bits per heavy atom. The second-order valence-electron chi connectivity index (χ2n) is 4.72. The number of nitrogens with one attached hydrogen (secondary N) is 1. The number of nitrogens with zero attached hydrogens (tertiary/aromatic N) is 2. The summed E-state index contributed by atoms with van der Waals surface area (Å²) in [5.74, 6) is 0.909. The van der Waals surface area contributed by atoms with E-state index in [4.69, 9.17) is 4.42 Å². The monoisotopic (exact) mass is 267 g/mol. The summed E-state index contributed by atoms with van der Waals surface area (Å²) in [5.41, 5.74) is 2.19. The van der Waals surface area contributed by atoms with Gasteiger partial charge in [-0.15, -0.1) is 0 Å². The zero-order valence-electron chi connectivity index (χ0n) is 11.4. The number of hydrogen-bond donors (Lipinski definition) is 1. The van der Waals surface area contributed by atoms with Gasteiger partial charge >= 0.3 is 0 Å². The Labute approximate surface area is 118 Å². The largest absolute Gasteiger partial charge is 0.467 e. The summed E-state index contributed by atoms with van der Waals surface area (Å²) >= 11 is 0. The van der Waals surface area contributed by atoms with Crippen molar-refractivity contribution in [1.82, 2.24) is 15.1 Å². The lowest BCUT2D eigenvalue weighted by Gasteiger charge is -2.16. The number of hydrogen-bond acceptors (Lipinski definition) is 3. The fourth-order valence-electron chi connectivity index (χ4n) is 2.25. The minimum absolute atomic E-state index is 0.0354. The van der Waals surface area contributed by atoms with Crippen LogP contribution in [0, 0.1) is 0 Å². The van der Waals surface area contributed by atoms with Crippen molar-refractivity contribution >= 4 is 0 Å². The Bertz CT molecular complexity index is 643. The highest BCUT2D eigenvalue weighted by atomic mass is 16.3. The van der Waals surface area contributed by atoms with Gasteiger partial charge in [0.1, 0.15) is 5.76 Å². The van der Waals surface area contributed by atoms with Gasteiger partial charge in [0.2, 0.25) is 0 Å². The third-order valence-corrected chi connectivity index (χ3v) is 3.22. The highest BCUT2D eigenvalue weighted by Gasteiger charge is 2.16. The molecule has 0 saturated carbocycles. The minimum atomic E-state index is 0.0354. The molecule has 0 amide bonds. The summed E-state index contributed by atoms with van der Waals surface area (Å²) in [6, 6.07) is 16.2. The lowest BCUT2D eigenvalue weighted by Crippen LogP contribution is -2.21. The summed E-state index contributed by atoms with van der Waals surface area (Å²) in [4.78, 5) is 0. The van der Waals surface area contributed by atoms with Crippen LogP contribution in [0.15, 0.2) is 65.4 Å². The molecule has 4 nitrogen and oxygen atoms in total. The van der Waals surface area contributed by atoms with E-state index in [-0.39, 0.29) is 6.04 Å². The standard InChI is InChI=1S/C16H17N3O/c1-19-10-9-14(18-19)12-17-16(15-8-5-11-20-15)13-6-3-2-4-7-13/h2-11,16-17H,12H2,1H3. The zero-order chi connectivity index (χ0) is 13.8. The first-order valence-corrected chi connectivity index (χ1v) is 6.63. The van der Waals surface area contributed by atoms with Gasteiger partial charge in [0.25, 0.3) is 0 Å².